The highest BCUT2D eigenvalue weighted by atomic mass is 16.7. The largest absolute Gasteiger partial charge is 0.388 e. The van der Waals surface area contributed by atoms with Crippen molar-refractivity contribution in [2.75, 3.05) is 6.61 Å². The number of aliphatic hydroxyl groups excluding tert-OH is 1. The van der Waals surface area contributed by atoms with E-state index in [-0.39, 0.29) is 6.61 Å². The Bertz CT molecular complexity index is 130. The van der Waals surface area contributed by atoms with E-state index in [9.17, 15) is 0 Å². The molecule has 0 spiro atoms. The molecule has 2 N–H and O–H groups in total. The topological polar surface area (TPSA) is 53.9 Å². The molecule has 0 atom stereocenters. The molecular weight excluding hydrogens is 108 g/mol. The summed E-state index contributed by atoms with van der Waals surface area (Å²) in [5.41, 5.74) is 2.37. The molecule has 0 aromatic heterocycles. The van der Waals surface area contributed by atoms with Gasteiger partial charge in [-0.2, -0.15) is 0 Å². The number of hydrogen-bond acceptors (Lipinski definition) is 4. The summed E-state index contributed by atoms with van der Waals surface area (Å²) >= 11 is 0. The van der Waals surface area contributed by atoms with Crippen LogP contribution >= 0.6 is 0 Å². The predicted molar refractivity (Wildman–Crippen MR) is 27.9 cm³/mol. The molecule has 44 valence electrons. The Morgan fingerprint density at radius 2 is 2.75 bits per heavy atom. The van der Waals surface area contributed by atoms with Crippen LogP contribution in [0.3, 0.4) is 0 Å². The van der Waals surface area contributed by atoms with Gasteiger partial charge in [0.2, 0.25) is 0 Å². The average Bonchev–Trinajstić information content (AvgIpc) is 1.90. The maximum atomic E-state index is 8.38. The number of aliphatic hydroxyl groups is 1. The number of hydrogen-bond donors (Lipinski definition) is 2. The quantitative estimate of drug-likeness (QED) is 0.477. The molecule has 0 fully saturated rings. The fourth-order valence-electron chi connectivity index (χ4n) is 0.352. The lowest BCUT2D eigenvalue weighted by molar-refractivity contribution is 0.119. The van der Waals surface area contributed by atoms with Crippen molar-refractivity contribution >= 4 is 6.34 Å². The Labute approximate surface area is 46.4 Å². The Balaban J connectivity index is 2.50. The summed E-state index contributed by atoms with van der Waals surface area (Å²) in [5, 5.41) is 8.38. The van der Waals surface area contributed by atoms with Crippen LogP contribution in [0.5, 0.6) is 0 Å². The van der Waals surface area contributed by atoms with Crippen LogP contribution in [0.1, 0.15) is 0 Å². The van der Waals surface area contributed by atoms with Gasteiger partial charge in [-0.25, -0.2) is 10.5 Å². The summed E-state index contributed by atoms with van der Waals surface area (Å²) in [7, 11) is 0. The third kappa shape index (κ3) is 0.974. The number of rotatable bonds is 1. The van der Waals surface area contributed by atoms with Gasteiger partial charge in [-0.05, 0) is 0 Å². The maximum absolute atomic E-state index is 8.38. The molecule has 4 heteroatoms. The molecular formula is C4H6N2O2. The smallest absolute Gasteiger partial charge is 0.175 e. The zero-order chi connectivity index (χ0) is 5.82. The van der Waals surface area contributed by atoms with Gasteiger partial charge in [-0.3, -0.25) is 0 Å². The first-order valence-corrected chi connectivity index (χ1v) is 2.17. The lowest BCUT2D eigenvalue weighted by atomic mass is 10.6. The van der Waals surface area contributed by atoms with Gasteiger partial charge >= 0.3 is 0 Å². The van der Waals surface area contributed by atoms with E-state index in [4.69, 9.17) is 5.11 Å². The summed E-state index contributed by atoms with van der Waals surface area (Å²) < 4.78 is 0. The summed E-state index contributed by atoms with van der Waals surface area (Å²) in [5.74, 6) is 0.424. The standard InChI is InChI=1S/C4H6N2O2/c7-2-4-1-5-3-6-8-4/h1,3,7H,2H2,(H,5,6). The summed E-state index contributed by atoms with van der Waals surface area (Å²) in [6.07, 6.45) is 2.83. The van der Waals surface area contributed by atoms with Crippen LogP contribution in [-0.2, 0) is 4.84 Å². The molecule has 0 amide bonds. The van der Waals surface area contributed by atoms with Crippen molar-refractivity contribution in [3.8, 4) is 0 Å². The minimum atomic E-state index is -0.121. The van der Waals surface area contributed by atoms with Crippen LogP contribution in [0.25, 0.3) is 0 Å². The fourth-order valence-corrected chi connectivity index (χ4v) is 0.352. The first-order valence-electron chi connectivity index (χ1n) is 2.17. The highest BCUT2D eigenvalue weighted by Gasteiger charge is 1.95. The van der Waals surface area contributed by atoms with Crippen LogP contribution < -0.4 is 5.48 Å². The van der Waals surface area contributed by atoms with Gasteiger partial charge in [0.05, 0.1) is 6.20 Å². The van der Waals surface area contributed by atoms with Crippen LogP contribution in [0.4, 0.5) is 0 Å². The molecule has 8 heavy (non-hydrogen) atoms. The molecule has 0 saturated carbocycles. The van der Waals surface area contributed by atoms with Crippen molar-refractivity contribution in [2.45, 2.75) is 0 Å². The van der Waals surface area contributed by atoms with E-state index in [0.29, 0.717) is 5.76 Å². The number of nitrogens with zero attached hydrogens (tertiary/aromatic N) is 1. The Kier molecular flexibility index (Phi) is 1.48. The van der Waals surface area contributed by atoms with Crippen molar-refractivity contribution < 1.29 is 9.94 Å². The molecule has 0 aromatic rings. The van der Waals surface area contributed by atoms with Crippen LogP contribution in [0.15, 0.2) is 17.0 Å². The van der Waals surface area contributed by atoms with Gasteiger partial charge in [-0.1, -0.05) is 0 Å². The highest BCUT2D eigenvalue weighted by Crippen LogP contribution is 1.94. The molecule has 0 saturated heterocycles. The van der Waals surface area contributed by atoms with E-state index < -0.39 is 0 Å². The molecule has 1 aliphatic rings. The Morgan fingerprint density at radius 3 is 3.12 bits per heavy atom. The molecule has 0 bridgehead atoms. The molecule has 4 nitrogen and oxygen atoms in total. The minimum Gasteiger partial charge on any atom is -0.388 e. The number of nitrogens with one attached hydrogen (secondary N) is 1. The maximum Gasteiger partial charge on any atom is 0.175 e. The van der Waals surface area contributed by atoms with Gasteiger partial charge in [-0.15, -0.1) is 0 Å². The fraction of sp³-hybridized carbons (Fsp3) is 0.250. The van der Waals surface area contributed by atoms with Gasteiger partial charge < -0.3 is 9.94 Å². The Morgan fingerprint density at radius 1 is 1.88 bits per heavy atom. The normalized spacial score (nSPS) is 16.4. The van der Waals surface area contributed by atoms with Crippen molar-refractivity contribution in [2.24, 2.45) is 4.99 Å². The first kappa shape index (κ1) is 5.11. The van der Waals surface area contributed by atoms with Gasteiger partial charge in [0.25, 0.3) is 0 Å². The van der Waals surface area contributed by atoms with Crippen LogP contribution in [0.2, 0.25) is 0 Å². The number of hydroxylamine groups is 1. The van der Waals surface area contributed by atoms with E-state index >= 15 is 0 Å². The van der Waals surface area contributed by atoms with Crippen LogP contribution in [-0.4, -0.2) is 18.1 Å². The van der Waals surface area contributed by atoms with Crippen molar-refractivity contribution in [3.63, 3.8) is 0 Å². The van der Waals surface area contributed by atoms with Crippen LogP contribution in [0, 0.1) is 0 Å². The number of aliphatic imine (C=N–C) groups is 1. The predicted octanol–water partition coefficient (Wildman–Crippen LogP) is -0.617. The SMILES string of the molecule is OCC1=CN=CNO1. The zero-order valence-electron chi connectivity index (χ0n) is 4.16. The monoisotopic (exact) mass is 114 g/mol. The summed E-state index contributed by atoms with van der Waals surface area (Å²) in [6.45, 7) is -0.121. The Hall–Kier alpha value is -1.03. The highest BCUT2D eigenvalue weighted by molar-refractivity contribution is 5.54. The van der Waals surface area contributed by atoms with E-state index in [0.717, 1.165) is 0 Å². The van der Waals surface area contributed by atoms with Crippen molar-refractivity contribution in [1.29, 1.82) is 0 Å². The second-order valence-electron chi connectivity index (χ2n) is 1.25. The molecule has 0 radical (unpaired) electrons. The second kappa shape index (κ2) is 2.32. The molecule has 1 heterocycles. The molecule has 0 aliphatic carbocycles. The van der Waals surface area contributed by atoms with E-state index in [2.05, 4.69) is 15.3 Å². The lowest BCUT2D eigenvalue weighted by Gasteiger charge is -2.06. The third-order valence-electron chi connectivity index (χ3n) is 0.692. The van der Waals surface area contributed by atoms with Gasteiger partial charge in [0.1, 0.15) is 12.9 Å². The van der Waals surface area contributed by atoms with E-state index in [1.165, 1.54) is 12.5 Å². The zero-order valence-corrected chi connectivity index (χ0v) is 4.16. The van der Waals surface area contributed by atoms with Crippen molar-refractivity contribution in [3.05, 3.63) is 12.0 Å². The molecule has 1 aliphatic heterocycles. The molecule has 0 unspecified atom stereocenters. The average molecular weight is 114 g/mol. The second-order valence-corrected chi connectivity index (χ2v) is 1.25. The molecule has 0 aromatic carbocycles. The van der Waals surface area contributed by atoms with E-state index in [1.807, 2.05) is 0 Å². The minimum absolute atomic E-state index is 0.121. The lowest BCUT2D eigenvalue weighted by Crippen LogP contribution is -2.16. The molecule has 1 rings (SSSR count). The van der Waals surface area contributed by atoms with Gasteiger partial charge in [0, 0.05) is 0 Å². The van der Waals surface area contributed by atoms with E-state index in [1.54, 1.807) is 0 Å². The summed E-state index contributed by atoms with van der Waals surface area (Å²) in [4.78, 5) is 8.29. The van der Waals surface area contributed by atoms with Crippen molar-refractivity contribution in [1.82, 2.24) is 5.48 Å². The first-order chi connectivity index (χ1) is 3.93. The summed E-state index contributed by atoms with van der Waals surface area (Å²) in [6, 6.07) is 0. The van der Waals surface area contributed by atoms with Gasteiger partial charge in [0.15, 0.2) is 5.76 Å². The third-order valence-corrected chi connectivity index (χ3v) is 0.692.